The van der Waals surface area contributed by atoms with Crippen molar-refractivity contribution in [1.82, 2.24) is 19.0 Å². The molecule has 0 aromatic carbocycles. The van der Waals surface area contributed by atoms with E-state index in [4.69, 9.17) is 4.74 Å². The monoisotopic (exact) mass is 328 g/mol. The lowest BCUT2D eigenvalue weighted by atomic mass is 10.3. The van der Waals surface area contributed by atoms with E-state index in [9.17, 15) is 8.42 Å². The summed E-state index contributed by atoms with van der Waals surface area (Å²) >= 11 is 0. The predicted molar refractivity (Wildman–Crippen MR) is 82.8 cm³/mol. The molecular weight excluding hydrogens is 304 g/mol. The van der Waals surface area contributed by atoms with E-state index in [1.165, 1.54) is 5.56 Å². The largest absolute Gasteiger partial charge is 0.380 e. The molecule has 1 atom stereocenters. The lowest BCUT2D eigenvalue weighted by molar-refractivity contribution is 0.198. The van der Waals surface area contributed by atoms with Crippen LogP contribution in [0, 0.1) is 0 Å². The van der Waals surface area contributed by atoms with E-state index >= 15 is 0 Å². The number of rotatable bonds is 4. The number of hydrogen-bond acceptors (Lipinski definition) is 5. The van der Waals surface area contributed by atoms with Gasteiger partial charge in [-0.05, 0) is 19.4 Å². The second-order valence-corrected chi connectivity index (χ2v) is 8.29. The van der Waals surface area contributed by atoms with Gasteiger partial charge in [0.15, 0.2) is 0 Å². The smallest absolute Gasteiger partial charge is 0.219 e. The summed E-state index contributed by atoms with van der Waals surface area (Å²) < 4.78 is 33.9. The summed E-state index contributed by atoms with van der Waals surface area (Å²) in [6.07, 6.45) is 5.37. The van der Waals surface area contributed by atoms with Gasteiger partial charge in [-0.3, -0.25) is 9.58 Å². The lowest BCUT2D eigenvalue weighted by Gasteiger charge is -2.23. The number of sulfonamides is 1. The standard InChI is InChI=1S/C14H24N4O3S/c1-16-10-13(9-15-16)11-17-4-2-5-18(7-6-17)22(19,20)14-3-8-21-12-14/h9-10,14H,2-8,11-12H2,1H3. The van der Waals surface area contributed by atoms with Crippen molar-refractivity contribution in [1.29, 1.82) is 0 Å². The van der Waals surface area contributed by atoms with Crippen molar-refractivity contribution in [2.24, 2.45) is 7.05 Å². The summed E-state index contributed by atoms with van der Waals surface area (Å²) in [4.78, 5) is 2.30. The summed E-state index contributed by atoms with van der Waals surface area (Å²) in [5.74, 6) is 0. The van der Waals surface area contributed by atoms with Crippen LogP contribution in [0.2, 0.25) is 0 Å². The highest BCUT2D eigenvalue weighted by Gasteiger charge is 2.35. The molecule has 7 nitrogen and oxygen atoms in total. The Labute approximate surface area is 131 Å². The summed E-state index contributed by atoms with van der Waals surface area (Å²) in [5, 5.41) is 3.83. The van der Waals surface area contributed by atoms with Crippen molar-refractivity contribution < 1.29 is 13.2 Å². The SMILES string of the molecule is Cn1cc(CN2CCCN(S(=O)(=O)C3CCOC3)CC2)cn1. The van der Waals surface area contributed by atoms with Crippen molar-refractivity contribution in [3.8, 4) is 0 Å². The molecule has 2 aliphatic rings. The summed E-state index contributed by atoms with van der Waals surface area (Å²) in [6, 6.07) is 0. The minimum atomic E-state index is -3.21. The lowest BCUT2D eigenvalue weighted by Crippen LogP contribution is -2.41. The number of hydrogen-bond donors (Lipinski definition) is 0. The molecule has 0 spiro atoms. The van der Waals surface area contributed by atoms with Crippen molar-refractivity contribution in [3.05, 3.63) is 18.0 Å². The summed E-state index contributed by atoms with van der Waals surface area (Å²) in [5.41, 5.74) is 1.17. The molecule has 0 amide bonds. The Morgan fingerprint density at radius 2 is 2.18 bits per heavy atom. The van der Waals surface area contributed by atoms with Gasteiger partial charge in [0, 0.05) is 51.6 Å². The second-order valence-electron chi connectivity index (χ2n) is 6.08. The molecule has 1 aromatic heterocycles. The van der Waals surface area contributed by atoms with Gasteiger partial charge in [0.2, 0.25) is 10.0 Å². The maximum atomic E-state index is 12.6. The van der Waals surface area contributed by atoms with Crippen molar-refractivity contribution >= 4 is 10.0 Å². The normalized spacial score (nSPS) is 25.4. The topological polar surface area (TPSA) is 67.7 Å². The molecule has 1 unspecified atom stereocenters. The molecule has 0 N–H and O–H groups in total. The van der Waals surface area contributed by atoms with Crippen LogP contribution in [0.25, 0.3) is 0 Å². The average Bonchev–Trinajstić information content (AvgIpc) is 3.08. The highest BCUT2D eigenvalue weighted by molar-refractivity contribution is 7.89. The molecule has 0 aliphatic carbocycles. The maximum Gasteiger partial charge on any atom is 0.219 e. The number of nitrogens with zero attached hydrogens (tertiary/aromatic N) is 4. The van der Waals surface area contributed by atoms with E-state index in [1.807, 2.05) is 19.4 Å². The highest BCUT2D eigenvalue weighted by Crippen LogP contribution is 2.20. The van der Waals surface area contributed by atoms with E-state index < -0.39 is 10.0 Å². The third kappa shape index (κ3) is 3.51. The van der Waals surface area contributed by atoms with Gasteiger partial charge in [-0.1, -0.05) is 0 Å². The van der Waals surface area contributed by atoms with E-state index in [0.717, 1.165) is 26.1 Å². The summed E-state index contributed by atoms with van der Waals surface area (Å²) in [6.45, 7) is 4.60. The molecule has 2 saturated heterocycles. The van der Waals surface area contributed by atoms with Crippen LogP contribution in [0.5, 0.6) is 0 Å². The van der Waals surface area contributed by atoms with Crippen LogP contribution >= 0.6 is 0 Å². The first-order chi connectivity index (χ1) is 10.6. The van der Waals surface area contributed by atoms with Gasteiger partial charge in [-0.25, -0.2) is 12.7 Å². The minimum Gasteiger partial charge on any atom is -0.380 e. The van der Waals surface area contributed by atoms with Crippen molar-refractivity contribution in [2.75, 3.05) is 39.4 Å². The number of aryl methyl sites for hydroxylation is 1. The fraction of sp³-hybridized carbons (Fsp3) is 0.786. The molecule has 0 saturated carbocycles. The Hall–Kier alpha value is -0.960. The Morgan fingerprint density at radius 3 is 2.86 bits per heavy atom. The Kier molecular flexibility index (Phi) is 4.82. The van der Waals surface area contributed by atoms with Gasteiger partial charge in [0.1, 0.15) is 5.25 Å². The molecule has 1 aromatic rings. The fourth-order valence-electron chi connectivity index (χ4n) is 3.13. The molecular formula is C14H24N4O3S. The first-order valence-electron chi connectivity index (χ1n) is 7.82. The molecule has 0 bridgehead atoms. The van der Waals surface area contributed by atoms with E-state index in [-0.39, 0.29) is 5.25 Å². The van der Waals surface area contributed by atoms with E-state index in [1.54, 1.807) is 8.99 Å². The van der Waals surface area contributed by atoms with Crippen molar-refractivity contribution in [3.63, 3.8) is 0 Å². The molecule has 2 fully saturated rings. The zero-order valence-electron chi connectivity index (χ0n) is 13.0. The predicted octanol–water partition coefficient (Wildman–Crippen LogP) is 0.0465. The molecule has 124 valence electrons. The first kappa shape index (κ1) is 15.9. The maximum absolute atomic E-state index is 12.6. The van der Waals surface area contributed by atoms with Gasteiger partial charge in [0.25, 0.3) is 0 Å². The summed E-state index contributed by atoms with van der Waals surface area (Å²) in [7, 11) is -1.31. The quantitative estimate of drug-likeness (QED) is 0.781. The van der Waals surface area contributed by atoms with Gasteiger partial charge < -0.3 is 4.74 Å². The first-order valence-corrected chi connectivity index (χ1v) is 9.32. The van der Waals surface area contributed by atoms with Crippen LogP contribution in [0.4, 0.5) is 0 Å². The van der Waals surface area contributed by atoms with Gasteiger partial charge >= 0.3 is 0 Å². The van der Waals surface area contributed by atoms with Crippen LogP contribution in [-0.2, 0) is 28.4 Å². The molecule has 8 heteroatoms. The second kappa shape index (κ2) is 6.66. The molecule has 3 heterocycles. The van der Waals surface area contributed by atoms with Gasteiger partial charge in [-0.15, -0.1) is 0 Å². The number of ether oxygens (including phenoxy) is 1. The van der Waals surface area contributed by atoms with Gasteiger partial charge in [-0.2, -0.15) is 5.10 Å². The molecule has 2 aliphatic heterocycles. The highest BCUT2D eigenvalue weighted by atomic mass is 32.2. The van der Waals surface area contributed by atoms with E-state index in [0.29, 0.717) is 32.7 Å². The molecule has 0 radical (unpaired) electrons. The molecule has 3 rings (SSSR count). The van der Waals surface area contributed by atoms with Crippen LogP contribution in [0.1, 0.15) is 18.4 Å². The Balaban J connectivity index is 1.59. The Morgan fingerprint density at radius 1 is 1.32 bits per heavy atom. The van der Waals surface area contributed by atoms with Gasteiger partial charge in [0.05, 0.1) is 12.8 Å². The molecule has 22 heavy (non-hydrogen) atoms. The third-order valence-corrected chi connectivity index (χ3v) is 6.68. The van der Waals surface area contributed by atoms with Crippen LogP contribution < -0.4 is 0 Å². The van der Waals surface area contributed by atoms with Crippen molar-refractivity contribution in [2.45, 2.75) is 24.6 Å². The van der Waals surface area contributed by atoms with E-state index in [2.05, 4.69) is 10.00 Å². The zero-order chi connectivity index (χ0) is 15.6. The zero-order valence-corrected chi connectivity index (χ0v) is 13.8. The average molecular weight is 328 g/mol. The fourth-order valence-corrected chi connectivity index (χ4v) is 4.93. The van der Waals surface area contributed by atoms with Crippen LogP contribution in [-0.4, -0.2) is 72.0 Å². The third-order valence-electron chi connectivity index (χ3n) is 4.38. The Bertz CT molecular complexity index is 595. The van der Waals surface area contributed by atoms with Crippen LogP contribution in [0.3, 0.4) is 0 Å². The number of aromatic nitrogens is 2. The minimum absolute atomic E-state index is 0.345. The van der Waals surface area contributed by atoms with Crippen LogP contribution in [0.15, 0.2) is 12.4 Å².